The molecular formula is C19H19FN6O2. The molecule has 9 heteroatoms. The lowest BCUT2D eigenvalue weighted by Crippen LogP contribution is -2.32. The molecule has 0 saturated carbocycles. The first kappa shape index (κ1) is 16.9. The zero-order chi connectivity index (χ0) is 19.3. The quantitative estimate of drug-likeness (QED) is 0.706. The fourth-order valence-electron chi connectivity index (χ4n) is 4.11. The minimum atomic E-state index is -0.409. The summed E-state index contributed by atoms with van der Waals surface area (Å²) in [4.78, 5) is 25.4. The number of carbonyl (C=O) groups excluding carboxylic acids is 1. The Hall–Kier alpha value is -3.23. The van der Waals surface area contributed by atoms with Crippen LogP contribution in [0.1, 0.15) is 24.4 Å². The number of aromatic nitrogens is 1. The minimum absolute atomic E-state index is 0.109. The van der Waals surface area contributed by atoms with Crippen molar-refractivity contribution in [3.63, 3.8) is 0 Å². The van der Waals surface area contributed by atoms with Crippen molar-refractivity contribution >= 4 is 17.5 Å². The van der Waals surface area contributed by atoms with Gasteiger partial charge in [0.25, 0.3) is 5.91 Å². The van der Waals surface area contributed by atoms with Gasteiger partial charge in [0.05, 0.1) is 31.0 Å². The van der Waals surface area contributed by atoms with Gasteiger partial charge in [-0.1, -0.05) is 0 Å². The van der Waals surface area contributed by atoms with Gasteiger partial charge in [0, 0.05) is 18.3 Å². The molecule has 1 aromatic rings. The molecule has 4 aliphatic heterocycles. The van der Waals surface area contributed by atoms with Crippen molar-refractivity contribution in [1.29, 1.82) is 5.41 Å². The fraction of sp³-hybridized carbons (Fsp3) is 0.368. The van der Waals surface area contributed by atoms with Crippen molar-refractivity contribution in [1.82, 2.24) is 20.1 Å². The van der Waals surface area contributed by atoms with E-state index in [-0.39, 0.29) is 30.8 Å². The maximum atomic E-state index is 14.0. The summed E-state index contributed by atoms with van der Waals surface area (Å²) in [5.41, 5.74) is 1.22. The predicted molar refractivity (Wildman–Crippen MR) is 99.4 cm³/mol. The molecule has 5 rings (SSSR count). The van der Waals surface area contributed by atoms with Crippen LogP contribution in [0, 0.1) is 11.2 Å². The normalized spacial score (nSPS) is 23.9. The Morgan fingerprint density at radius 2 is 2.29 bits per heavy atom. The second kappa shape index (κ2) is 6.43. The van der Waals surface area contributed by atoms with Gasteiger partial charge in [0.1, 0.15) is 29.7 Å². The van der Waals surface area contributed by atoms with Crippen LogP contribution in [0.2, 0.25) is 0 Å². The standard InChI is InChI=1S/C19H19FN6O2/c20-11-8-12-14-2-1-5-26(14)15-3-6-25-10-13(21)16(17(25)24-15)18(27)22-4-7-28-19(12)23-9-11/h3,6,8-9,14,21H,1-2,4-5,7,10H2,(H,22,27). The van der Waals surface area contributed by atoms with Gasteiger partial charge in [-0.05, 0) is 25.0 Å². The Bertz CT molecular complexity index is 969. The Labute approximate surface area is 160 Å². The molecule has 1 amide bonds. The van der Waals surface area contributed by atoms with Crippen molar-refractivity contribution in [3.8, 4) is 5.88 Å². The summed E-state index contributed by atoms with van der Waals surface area (Å²) in [6.45, 7) is 1.54. The molecular weight excluding hydrogens is 363 g/mol. The van der Waals surface area contributed by atoms with Crippen LogP contribution in [0.5, 0.6) is 5.88 Å². The number of halogens is 1. The van der Waals surface area contributed by atoms with Gasteiger partial charge in [-0.2, -0.15) is 0 Å². The molecule has 1 atom stereocenters. The van der Waals surface area contributed by atoms with Crippen LogP contribution in [0.25, 0.3) is 0 Å². The number of amides is 1. The van der Waals surface area contributed by atoms with Gasteiger partial charge >= 0.3 is 0 Å². The summed E-state index contributed by atoms with van der Waals surface area (Å²) in [5, 5.41) is 11.0. The van der Waals surface area contributed by atoms with Crippen LogP contribution in [0.3, 0.4) is 0 Å². The maximum Gasteiger partial charge on any atom is 0.257 e. The molecule has 144 valence electrons. The Kier molecular flexibility index (Phi) is 3.88. The van der Waals surface area contributed by atoms with Crippen molar-refractivity contribution in [2.45, 2.75) is 18.9 Å². The van der Waals surface area contributed by atoms with E-state index in [1.165, 1.54) is 6.07 Å². The third-order valence-corrected chi connectivity index (χ3v) is 5.35. The van der Waals surface area contributed by atoms with Gasteiger partial charge < -0.3 is 25.3 Å². The van der Waals surface area contributed by atoms with E-state index >= 15 is 0 Å². The average molecular weight is 382 g/mol. The number of pyridine rings is 1. The summed E-state index contributed by atoms with van der Waals surface area (Å²) >= 11 is 0. The first-order chi connectivity index (χ1) is 13.6. The minimum Gasteiger partial charge on any atom is -0.476 e. The number of nitrogens with one attached hydrogen (secondary N) is 2. The molecule has 28 heavy (non-hydrogen) atoms. The maximum absolute atomic E-state index is 14.0. The zero-order valence-electron chi connectivity index (χ0n) is 15.1. The first-order valence-electron chi connectivity index (χ1n) is 9.30. The van der Waals surface area contributed by atoms with E-state index in [0.717, 1.165) is 25.6 Å². The molecule has 1 unspecified atom stereocenters. The van der Waals surface area contributed by atoms with Crippen LogP contribution in [0.4, 0.5) is 4.39 Å². The fourth-order valence-corrected chi connectivity index (χ4v) is 4.11. The van der Waals surface area contributed by atoms with Gasteiger partial charge in [0.2, 0.25) is 5.88 Å². The van der Waals surface area contributed by atoms with E-state index < -0.39 is 5.82 Å². The molecule has 0 aromatic carbocycles. The molecule has 1 saturated heterocycles. The number of nitrogens with zero attached hydrogens (tertiary/aromatic N) is 4. The number of rotatable bonds is 0. The van der Waals surface area contributed by atoms with Crippen LogP contribution in [-0.4, -0.2) is 58.5 Å². The lowest BCUT2D eigenvalue weighted by atomic mass is 10.1. The van der Waals surface area contributed by atoms with Crippen molar-refractivity contribution in [2.75, 3.05) is 26.2 Å². The van der Waals surface area contributed by atoms with E-state index in [0.29, 0.717) is 35.2 Å². The number of carbonyl (C=O) groups is 1. The largest absolute Gasteiger partial charge is 0.476 e. The SMILES string of the molecule is N=C1CN2C=CC3=NC2=C1C(=O)NCCOc1ncc(F)cc1C1CCCN31. The third kappa shape index (κ3) is 2.65. The van der Waals surface area contributed by atoms with Crippen LogP contribution in [-0.2, 0) is 4.79 Å². The summed E-state index contributed by atoms with van der Waals surface area (Å²) in [6.07, 6.45) is 6.63. The van der Waals surface area contributed by atoms with E-state index in [9.17, 15) is 9.18 Å². The summed E-state index contributed by atoms with van der Waals surface area (Å²) in [5.74, 6) is 0.816. The highest BCUT2D eigenvalue weighted by Gasteiger charge is 2.36. The van der Waals surface area contributed by atoms with Gasteiger partial charge in [-0.25, -0.2) is 14.4 Å². The van der Waals surface area contributed by atoms with Crippen molar-refractivity contribution in [3.05, 3.63) is 47.3 Å². The highest BCUT2D eigenvalue weighted by molar-refractivity contribution is 6.23. The van der Waals surface area contributed by atoms with E-state index in [1.807, 2.05) is 12.3 Å². The highest BCUT2D eigenvalue weighted by atomic mass is 19.1. The molecule has 0 spiro atoms. The van der Waals surface area contributed by atoms with E-state index in [2.05, 4.69) is 15.2 Å². The molecule has 1 fully saturated rings. The van der Waals surface area contributed by atoms with Crippen LogP contribution in [0.15, 0.2) is 40.9 Å². The molecule has 0 radical (unpaired) electrons. The molecule has 2 bridgehead atoms. The molecule has 4 aliphatic rings. The number of aliphatic imine (C=N–C) groups is 1. The van der Waals surface area contributed by atoms with Gasteiger partial charge in [0.15, 0.2) is 0 Å². The monoisotopic (exact) mass is 382 g/mol. The van der Waals surface area contributed by atoms with Gasteiger partial charge in [-0.3, -0.25) is 4.79 Å². The third-order valence-electron chi connectivity index (χ3n) is 5.35. The first-order valence-corrected chi connectivity index (χ1v) is 9.30. The smallest absolute Gasteiger partial charge is 0.257 e. The summed E-state index contributed by atoms with van der Waals surface area (Å²) in [7, 11) is 0. The number of ether oxygens (including phenoxy) is 1. The number of hydrogen-bond donors (Lipinski definition) is 2. The Balaban J connectivity index is 1.63. The van der Waals surface area contributed by atoms with Gasteiger partial charge in [-0.15, -0.1) is 0 Å². The van der Waals surface area contributed by atoms with Crippen LogP contribution >= 0.6 is 0 Å². The topological polar surface area (TPSA) is 93.9 Å². The molecule has 1 aromatic heterocycles. The Morgan fingerprint density at radius 1 is 1.39 bits per heavy atom. The average Bonchev–Trinajstić information content (AvgIpc) is 3.28. The summed E-state index contributed by atoms with van der Waals surface area (Å²) < 4.78 is 19.7. The Morgan fingerprint density at radius 3 is 3.18 bits per heavy atom. The van der Waals surface area contributed by atoms with E-state index in [4.69, 9.17) is 15.1 Å². The van der Waals surface area contributed by atoms with Crippen LogP contribution < -0.4 is 10.1 Å². The molecule has 2 N–H and O–H groups in total. The van der Waals surface area contributed by atoms with Crippen molar-refractivity contribution < 1.29 is 13.9 Å². The van der Waals surface area contributed by atoms with Crippen molar-refractivity contribution in [2.24, 2.45) is 4.99 Å². The lowest BCUT2D eigenvalue weighted by molar-refractivity contribution is -0.117. The number of fused-ring (bicyclic) bond motifs is 4. The lowest BCUT2D eigenvalue weighted by Gasteiger charge is -2.30. The second-order valence-electron chi connectivity index (χ2n) is 7.09. The summed E-state index contributed by atoms with van der Waals surface area (Å²) in [6, 6.07) is 1.36. The molecule has 0 aliphatic carbocycles. The second-order valence-corrected chi connectivity index (χ2v) is 7.09. The number of hydrogen-bond acceptors (Lipinski definition) is 7. The highest BCUT2D eigenvalue weighted by Crippen LogP contribution is 2.38. The predicted octanol–water partition coefficient (Wildman–Crippen LogP) is 1.34. The zero-order valence-corrected chi connectivity index (χ0v) is 15.1. The molecule has 5 heterocycles. The molecule has 8 nitrogen and oxygen atoms in total. The number of amidine groups is 1. The van der Waals surface area contributed by atoms with E-state index in [1.54, 1.807) is 4.90 Å².